The van der Waals surface area contributed by atoms with Crippen LogP contribution in [0.5, 0.6) is 5.75 Å². The first kappa shape index (κ1) is 16.3. The fraction of sp³-hybridized carbons (Fsp3) is 0.600. The third-order valence-electron chi connectivity index (χ3n) is 4.15. The molecule has 0 bridgehead atoms. The third kappa shape index (κ3) is 3.07. The molecular weight excluding hydrogens is 290 g/mol. The summed E-state index contributed by atoms with van der Waals surface area (Å²) in [6.07, 6.45) is 0.0710. The van der Waals surface area contributed by atoms with E-state index >= 15 is 0 Å². The van der Waals surface area contributed by atoms with Crippen molar-refractivity contribution in [3.8, 4) is 5.75 Å². The molecule has 6 heteroatoms. The van der Waals surface area contributed by atoms with Crippen LogP contribution in [0, 0.1) is 19.8 Å². The molecule has 1 aromatic rings. The summed E-state index contributed by atoms with van der Waals surface area (Å²) in [7, 11) is -2.03. The van der Waals surface area contributed by atoms with Gasteiger partial charge in [0.05, 0.1) is 18.1 Å². The second-order valence-electron chi connectivity index (χ2n) is 5.79. The summed E-state index contributed by atoms with van der Waals surface area (Å²) >= 11 is 0. The number of aliphatic hydroxyl groups excluding tert-OH is 1. The van der Waals surface area contributed by atoms with Crippen LogP contribution in [0.25, 0.3) is 0 Å². The van der Waals surface area contributed by atoms with Crippen LogP contribution in [-0.2, 0) is 10.0 Å². The highest BCUT2D eigenvalue weighted by Crippen LogP contribution is 2.30. The van der Waals surface area contributed by atoms with E-state index in [1.807, 2.05) is 6.92 Å². The zero-order valence-electron chi connectivity index (χ0n) is 13.0. The number of aryl methyl sites for hydroxylation is 2. The van der Waals surface area contributed by atoms with Crippen LogP contribution in [0.2, 0.25) is 0 Å². The topological polar surface area (TPSA) is 66.8 Å². The van der Waals surface area contributed by atoms with Crippen LogP contribution in [0.15, 0.2) is 17.0 Å². The average Bonchev–Trinajstić information content (AvgIpc) is 2.40. The lowest BCUT2D eigenvalue weighted by Crippen LogP contribution is -2.46. The molecule has 21 heavy (non-hydrogen) atoms. The zero-order chi connectivity index (χ0) is 15.8. The molecule has 0 aromatic heterocycles. The summed E-state index contributed by atoms with van der Waals surface area (Å²) in [5.41, 5.74) is 1.33. The predicted molar refractivity (Wildman–Crippen MR) is 81.0 cm³/mol. The molecule has 1 saturated heterocycles. The Kier molecular flexibility index (Phi) is 4.60. The van der Waals surface area contributed by atoms with Gasteiger partial charge in [-0.15, -0.1) is 0 Å². The highest BCUT2D eigenvalue weighted by atomic mass is 32.2. The first-order chi connectivity index (χ1) is 9.77. The van der Waals surface area contributed by atoms with E-state index in [2.05, 4.69) is 0 Å². The summed E-state index contributed by atoms with van der Waals surface area (Å²) in [4.78, 5) is 0.324. The number of ether oxygens (including phenoxy) is 1. The summed E-state index contributed by atoms with van der Waals surface area (Å²) in [5.74, 6) is 0.783. The fourth-order valence-electron chi connectivity index (χ4n) is 2.80. The van der Waals surface area contributed by atoms with E-state index in [1.54, 1.807) is 33.1 Å². The Bertz CT molecular complexity index is 604. The monoisotopic (exact) mass is 313 g/mol. The quantitative estimate of drug-likeness (QED) is 0.922. The molecule has 2 atom stereocenters. The van der Waals surface area contributed by atoms with Gasteiger partial charge in [0.1, 0.15) is 5.75 Å². The Balaban J connectivity index is 2.41. The van der Waals surface area contributed by atoms with E-state index in [-0.39, 0.29) is 12.5 Å². The predicted octanol–water partition coefficient (Wildman–Crippen LogP) is 1.70. The smallest absolute Gasteiger partial charge is 0.243 e. The number of aliphatic hydroxyl groups is 1. The van der Waals surface area contributed by atoms with Crippen molar-refractivity contribution in [2.75, 3.05) is 20.2 Å². The fourth-order valence-corrected chi connectivity index (χ4v) is 4.69. The highest BCUT2D eigenvalue weighted by Gasteiger charge is 2.34. The number of β-amino-alcohol motifs (C(OH)–C–C–N with tert-alkyl or cyclic N) is 1. The molecule has 0 aliphatic carbocycles. The molecule has 1 aromatic carbocycles. The van der Waals surface area contributed by atoms with Crippen LogP contribution in [-0.4, -0.2) is 44.1 Å². The Labute approximate surface area is 126 Å². The average molecular weight is 313 g/mol. The number of piperidine rings is 1. The summed E-state index contributed by atoms with van der Waals surface area (Å²) in [6.45, 7) is 6.09. The van der Waals surface area contributed by atoms with Crippen molar-refractivity contribution >= 4 is 10.0 Å². The number of benzene rings is 1. The Morgan fingerprint density at radius 2 is 1.86 bits per heavy atom. The molecule has 0 saturated carbocycles. The van der Waals surface area contributed by atoms with Crippen LogP contribution < -0.4 is 4.74 Å². The maximum Gasteiger partial charge on any atom is 0.243 e. The highest BCUT2D eigenvalue weighted by molar-refractivity contribution is 7.89. The molecule has 1 aliphatic heterocycles. The van der Waals surface area contributed by atoms with E-state index in [0.29, 0.717) is 34.7 Å². The third-order valence-corrected chi connectivity index (χ3v) is 6.32. The Hall–Kier alpha value is -1.11. The Morgan fingerprint density at radius 1 is 1.29 bits per heavy atom. The normalized spacial score (nSPS) is 24.0. The van der Waals surface area contributed by atoms with Crippen molar-refractivity contribution in [1.82, 2.24) is 4.31 Å². The summed E-state index contributed by atoms with van der Waals surface area (Å²) in [5, 5.41) is 9.95. The van der Waals surface area contributed by atoms with E-state index in [1.165, 1.54) is 4.31 Å². The largest absolute Gasteiger partial charge is 0.497 e. The van der Waals surface area contributed by atoms with Crippen molar-refractivity contribution in [1.29, 1.82) is 0 Å². The summed E-state index contributed by atoms with van der Waals surface area (Å²) < 4.78 is 32.3. The van der Waals surface area contributed by atoms with Crippen LogP contribution in [0.3, 0.4) is 0 Å². The van der Waals surface area contributed by atoms with Gasteiger partial charge < -0.3 is 9.84 Å². The van der Waals surface area contributed by atoms with Crippen molar-refractivity contribution in [2.24, 2.45) is 5.92 Å². The van der Waals surface area contributed by atoms with Crippen molar-refractivity contribution in [3.63, 3.8) is 0 Å². The van der Waals surface area contributed by atoms with E-state index < -0.39 is 16.1 Å². The lowest BCUT2D eigenvalue weighted by atomic mass is 9.98. The standard InChI is InChI=1S/C15H23NO4S/c1-10-5-6-16(9-14(10)17)21(18,19)15-11(2)7-13(20-4)8-12(15)3/h7-8,10,14,17H,5-6,9H2,1-4H3. The van der Waals surface area contributed by atoms with Crippen molar-refractivity contribution in [3.05, 3.63) is 23.3 Å². The minimum atomic E-state index is -3.59. The van der Waals surface area contributed by atoms with Crippen molar-refractivity contribution < 1.29 is 18.3 Å². The molecule has 118 valence electrons. The van der Waals surface area contributed by atoms with Gasteiger partial charge in [0, 0.05) is 13.1 Å². The SMILES string of the molecule is COc1cc(C)c(S(=O)(=O)N2CCC(C)C(O)C2)c(C)c1. The molecule has 2 unspecified atom stereocenters. The Morgan fingerprint density at radius 3 is 2.33 bits per heavy atom. The van der Waals surface area contributed by atoms with E-state index in [9.17, 15) is 13.5 Å². The summed E-state index contributed by atoms with van der Waals surface area (Å²) in [6, 6.07) is 3.45. The first-order valence-corrected chi connectivity index (χ1v) is 8.55. The molecule has 2 rings (SSSR count). The zero-order valence-corrected chi connectivity index (χ0v) is 13.8. The second kappa shape index (κ2) is 5.94. The first-order valence-electron chi connectivity index (χ1n) is 7.10. The molecule has 1 fully saturated rings. The van der Waals surface area contributed by atoms with E-state index in [0.717, 1.165) is 0 Å². The van der Waals surface area contributed by atoms with Crippen LogP contribution in [0.4, 0.5) is 0 Å². The van der Waals surface area contributed by atoms with Crippen LogP contribution in [0.1, 0.15) is 24.5 Å². The molecule has 0 spiro atoms. The minimum absolute atomic E-state index is 0.134. The van der Waals surface area contributed by atoms with Gasteiger partial charge in [0.25, 0.3) is 0 Å². The lowest BCUT2D eigenvalue weighted by Gasteiger charge is -2.34. The van der Waals surface area contributed by atoms with E-state index in [4.69, 9.17) is 4.74 Å². The van der Waals surface area contributed by atoms with Gasteiger partial charge in [-0.1, -0.05) is 6.92 Å². The molecule has 1 aliphatic rings. The lowest BCUT2D eigenvalue weighted by molar-refractivity contribution is 0.0605. The number of hydrogen-bond donors (Lipinski definition) is 1. The van der Waals surface area contributed by atoms with Gasteiger partial charge in [0.15, 0.2) is 0 Å². The number of sulfonamides is 1. The minimum Gasteiger partial charge on any atom is -0.497 e. The number of rotatable bonds is 3. The van der Waals surface area contributed by atoms with Gasteiger partial charge in [-0.3, -0.25) is 0 Å². The number of hydrogen-bond acceptors (Lipinski definition) is 4. The number of methoxy groups -OCH3 is 1. The maximum absolute atomic E-state index is 12.9. The van der Waals surface area contributed by atoms with Gasteiger partial charge in [0.2, 0.25) is 10.0 Å². The number of nitrogens with zero attached hydrogens (tertiary/aromatic N) is 1. The van der Waals surface area contributed by atoms with Gasteiger partial charge in [-0.25, -0.2) is 8.42 Å². The molecular formula is C15H23NO4S. The maximum atomic E-state index is 12.9. The van der Waals surface area contributed by atoms with Gasteiger partial charge in [-0.2, -0.15) is 4.31 Å². The molecule has 5 nitrogen and oxygen atoms in total. The molecule has 0 amide bonds. The molecule has 1 N–H and O–H groups in total. The van der Waals surface area contributed by atoms with Gasteiger partial charge in [-0.05, 0) is 49.4 Å². The molecule has 1 heterocycles. The van der Waals surface area contributed by atoms with Gasteiger partial charge >= 0.3 is 0 Å². The second-order valence-corrected chi connectivity index (χ2v) is 7.66. The molecule has 0 radical (unpaired) electrons. The van der Waals surface area contributed by atoms with Crippen molar-refractivity contribution in [2.45, 2.75) is 38.2 Å². The van der Waals surface area contributed by atoms with Crippen LogP contribution >= 0.6 is 0 Å².